The van der Waals surface area contributed by atoms with E-state index >= 15 is 0 Å². The second-order valence-electron chi connectivity index (χ2n) is 5.58. The number of anilines is 1. The van der Waals surface area contributed by atoms with E-state index in [0.717, 1.165) is 44.7 Å². The minimum Gasteiger partial charge on any atom is -0.365 e. The zero-order valence-electron chi connectivity index (χ0n) is 12.3. The number of hydrogen-bond donors (Lipinski definition) is 0. The molecule has 2 aromatic rings. The van der Waals surface area contributed by atoms with Crippen LogP contribution < -0.4 is 15.8 Å². The maximum Gasteiger partial charge on any atom is 0.250 e. The fraction of sp³-hybridized carbons (Fsp3) is 0.412. The summed E-state index contributed by atoms with van der Waals surface area (Å²) in [5.41, 5.74) is 1.42. The molecule has 0 saturated carbocycles. The lowest BCUT2D eigenvalue weighted by molar-refractivity contribution is 0.258. The fourth-order valence-electron chi connectivity index (χ4n) is 3.07. The van der Waals surface area contributed by atoms with Gasteiger partial charge in [-0.1, -0.05) is 37.3 Å². The summed E-state index contributed by atoms with van der Waals surface area (Å²) < 4.78 is 0. The molecule has 110 valence electrons. The maximum absolute atomic E-state index is 12.0. The van der Waals surface area contributed by atoms with Crippen LogP contribution in [-0.2, 0) is 0 Å². The Morgan fingerprint density at radius 2 is 1.62 bits per heavy atom. The van der Waals surface area contributed by atoms with Crippen molar-refractivity contribution in [3.05, 3.63) is 50.8 Å². The molecule has 0 N–H and O–H groups in total. The highest BCUT2D eigenvalue weighted by atomic mass is 16.2. The van der Waals surface area contributed by atoms with Crippen LogP contribution in [0.5, 0.6) is 0 Å². The Hall–Kier alpha value is -1.94. The van der Waals surface area contributed by atoms with E-state index in [1.54, 1.807) is 0 Å². The molecule has 3 rings (SSSR count). The molecule has 0 spiro atoms. The predicted octanol–water partition coefficient (Wildman–Crippen LogP) is 1.48. The van der Waals surface area contributed by atoms with Crippen LogP contribution in [0.25, 0.3) is 11.1 Å². The number of benzene rings is 1. The summed E-state index contributed by atoms with van der Waals surface area (Å²) in [4.78, 5) is 28.4. The van der Waals surface area contributed by atoms with Crippen LogP contribution in [0.4, 0.5) is 5.69 Å². The molecule has 1 aliphatic rings. The van der Waals surface area contributed by atoms with Crippen molar-refractivity contribution in [3.8, 4) is 11.1 Å². The molecule has 1 saturated heterocycles. The van der Waals surface area contributed by atoms with Crippen LogP contribution >= 0.6 is 0 Å². The van der Waals surface area contributed by atoms with Gasteiger partial charge in [-0.05, 0) is 18.5 Å². The van der Waals surface area contributed by atoms with Gasteiger partial charge in [0.25, 0.3) is 0 Å². The topological polar surface area (TPSA) is 40.6 Å². The molecule has 1 fully saturated rings. The molecule has 1 heterocycles. The van der Waals surface area contributed by atoms with E-state index < -0.39 is 0 Å². The minimum absolute atomic E-state index is 0.321. The van der Waals surface area contributed by atoms with E-state index in [1.165, 1.54) is 0 Å². The first-order chi connectivity index (χ1) is 10.2. The fourth-order valence-corrected chi connectivity index (χ4v) is 3.07. The number of piperazine rings is 1. The Kier molecular flexibility index (Phi) is 3.88. The van der Waals surface area contributed by atoms with Crippen molar-refractivity contribution >= 4 is 5.69 Å². The quantitative estimate of drug-likeness (QED) is 0.798. The summed E-state index contributed by atoms with van der Waals surface area (Å²) in [7, 11) is 0. The van der Waals surface area contributed by atoms with Crippen molar-refractivity contribution in [1.82, 2.24) is 4.90 Å². The van der Waals surface area contributed by atoms with Gasteiger partial charge in [-0.3, -0.25) is 14.5 Å². The summed E-state index contributed by atoms with van der Waals surface area (Å²) in [6.45, 7) is 6.85. The van der Waals surface area contributed by atoms with Gasteiger partial charge in [0.1, 0.15) is 5.69 Å². The molecule has 2 aromatic carbocycles. The van der Waals surface area contributed by atoms with Gasteiger partial charge in [0.15, 0.2) is 0 Å². The lowest BCUT2D eigenvalue weighted by Crippen LogP contribution is -2.51. The summed E-state index contributed by atoms with van der Waals surface area (Å²) >= 11 is 0. The molecule has 0 amide bonds. The Morgan fingerprint density at radius 1 is 0.952 bits per heavy atom. The van der Waals surface area contributed by atoms with Crippen molar-refractivity contribution in [2.24, 2.45) is 0 Å². The van der Waals surface area contributed by atoms with Crippen molar-refractivity contribution in [1.29, 1.82) is 0 Å². The monoisotopic (exact) mass is 284 g/mol. The second kappa shape index (κ2) is 5.82. The number of hydrogen-bond acceptors (Lipinski definition) is 4. The van der Waals surface area contributed by atoms with Gasteiger partial charge in [-0.25, -0.2) is 0 Å². The van der Waals surface area contributed by atoms with Crippen molar-refractivity contribution < 1.29 is 0 Å². The average molecular weight is 284 g/mol. The van der Waals surface area contributed by atoms with Crippen LogP contribution in [-0.4, -0.2) is 37.6 Å². The van der Waals surface area contributed by atoms with Crippen molar-refractivity contribution in [2.45, 2.75) is 13.3 Å². The van der Waals surface area contributed by atoms with Gasteiger partial charge in [0, 0.05) is 26.2 Å². The zero-order chi connectivity index (χ0) is 14.8. The SMILES string of the molecule is CCCN1CCN(c2c(-c3ccccc3)c(=O)c2=O)CC1. The van der Waals surface area contributed by atoms with Crippen LogP contribution in [0.15, 0.2) is 39.9 Å². The third-order valence-corrected chi connectivity index (χ3v) is 4.18. The summed E-state index contributed by atoms with van der Waals surface area (Å²) in [5, 5.41) is 0. The highest BCUT2D eigenvalue weighted by Crippen LogP contribution is 2.27. The summed E-state index contributed by atoms with van der Waals surface area (Å²) in [6, 6.07) is 9.50. The number of rotatable bonds is 4. The van der Waals surface area contributed by atoms with Crippen molar-refractivity contribution in [2.75, 3.05) is 37.6 Å². The maximum atomic E-state index is 12.0. The van der Waals surface area contributed by atoms with Gasteiger partial charge in [-0.15, -0.1) is 0 Å². The van der Waals surface area contributed by atoms with Gasteiger partial charge in [-0.2, -0.15) is 0 Å². The lowest BCUT2D eigenvalue weighted by atomic mass is 9.97. The largest absolute Gasteiger partial charge is 0.365 e. The minimum atomic E-state index is -0.341. The Balaban J connectivity index is 1.83. The molecule has 0 atom stereocenters. The molecule has 21 heavy (non-hydrogen) atoms. The molecular weight excluding hydrogens is 264 g/mol. The van der Waals surface area contributed by atoms with Crippen LogP contribution in [0, 0.1) is 0 Å². The third-order valence-electron chi connectivity index (χ3n) is 4.18. The molecule has 0 aromatic heterocycles. The van der Waals surface area contributed by atoms with E-state index in [0.29, 0.717) is 11.3 Å². The molecule has 0 unspecified atom stereocenters. The first-order valence-electron chi connectivity index (χ1n) is 7.58. The number of nitrogens with zero attached hydrogens (tertiary/aromatic N) is 2. The van der Waals surface area contributed by atoms with Gasteiger partial charge in [0.2, 0.25) is 10.9 Å². The second-order valence-corrected chi connectivity index (χ2v) is 5.58. The van der Waals surface area contributed by atoms with Crippen LogP contribution in [0.1, 0.15) is 13.3 Å². The van der Waals surface area contributed by atoms with Gasteiger partial charge < -0.3 is 4.90 Å². The summed E-state index contributed by atoms with van der Waals surface area (Å²) in [6.07, 6.45) is 1.15. The predicted molar refractivity (Wildman–Crippen MR) is 85.7 cm³/mol. The first-order valence-corrected chi connectivity index (χ1v) is 7.58. The Morgan fingerprint density at radius 3 is 2.24 bits per heavy atom. The van der Waals surface area contributed by atoms with E-state index in [4.69, 9.17) is 0 Å². The third kappa shape index (κ3) is 2.51. The van der Waals surface area contributed by atoms with Gasteiger partial charge >= 0.3 is 0 Å². The molecule has 0 aliphatic carbocycles. The zero-order valence-corrected chi connectivity index (χ0v) is 12.3. The van der Waals surface area contributed by atoms with Crippen molar-refractivity contribution in [3.63, 3.8) is 0 Å². The Bertz CT molecular complexity index is 678. The molecule has 4 heteroatoms. The van der Waals surface area contributed by atoms with E-state index in [1.807, 2.05) is 30.3 Å². The standard InChI is InChI=1S/C17H20N2O2/c1-2-8-18-9-11-19(12-10-18)15-14(16(20)17(15)21)13-6-4-3-5-7-13/h3-7H,2,8-12H2,1H3. The van der Waals surface area contributed by atoms with Crippen LogP contribution in [0.2, 0.25) is 0 Å². The first kappa shape index (κ1) is 14.0. The highest BCUT2D eigenvalue weighted by Gasteiger charge is 2.28. The van der Waals surface area contributed by atoms with E-state index in [2.05, 4.69) is 16.7 Å². The average Bonchev–Trinajstić information content (AvgIpc) is 2.54. The normalized spacial score (nSPS) is 16.5. The summed E-state index contributed by atoms with van der Waals surface area (Å²) in [5.74, 6) is 0. The Labute approximate surface area is 124 Å². The van der Waals surface area contributed by atoms with Crippen LogP contribution in [0.3, 0.4) is 0 Å². The van der Waals surface area contributed by atoms with Gasteiger partial charge in [0.05, 0.1) is 5.56 Å². The molecule has 0 radical (unpaired) electrons. The lowest BCUT2D eigenvalue weighted by Gasteiger charge is -2.37. The van der Waals surface area contributed by atoms with E-state index in [9.17, 15) is 9.59 Å². The highest BCUT2D eigenvalue weighted by molar-refractivity contribution is 5.82. The molecule has 0 bridgehead atoms. The molecular formula is C17H20N2O2. The van der Waals surface area contributed by atoms with E-state index in [-0.39, 0.29) is 10.9 Å². The smallest absolute Gasteiger partial charge is 0.250 e. The molecule has 1 aliphatic heterocycles. The molecule has 4 nitrogen and oxygen atoms in total.